The summed E-state index contributed by atoms with van der Waals surface area (Å²) >= 11 is 4.76. The van der Waals surface area contributed by atoms with Crippen molar-refractivity contribution < 1.29 is 4.39 Å². The van der Waals surface area contributed by atoms with Gasteiger partial charge in [-0.2, -0.15) is 5.10 Å². The summed E-state index contributed by atoms with van der Waals surface area (Å²) in [5, 5.41) is 7.28. The van der Waals surface area contributed by atoms with Gasteiger partial charge in [-0.3, -0.25) is 4.68 Å². The first kappa shape index (κ1) is 13.5. The van der Waals surface area contributed by atoms with Crippen LogP contribution in [0, 0.1) is 5.82 Å². The van der Waals surface area contributed by atoms with Crippen LogP contribution in [-0.4, -0.2) is 14.8 Å². The van der Waals surface area contributed by atoms with Gasteiger partial charge in [-0.25, -0.2) is 4.39 Å². The van der Waals surface area contributed by atoms with E-state index in [1.54, 1.807) is 18.3 Å². The quantitative estimate of drug-likeness (QED) is 0.844. The van der Waals surface area contributed by atoms with Gasteiger partial charge >= 0.3 is 0 Å². The second-order valence-corrected chi connectivity index (χ2v) is 4.93. The lowest BCUT2D eigenvalue weighted by Gasteiger charge is -2.07. The lowest BCUT2D eigenvalue weighted by Crippen LogP contribution is -2.11. The summed E-state index contributed by atoms with van der Waals surface area (Å²) in [5.74, 6) is -0.436. The number of nitrogens with two attached hydrogens (primary N) is 1. The van der Waals surface area contributed by atoms with Crippen LogP contribution in [0.2, 0.25) is 0 Å². The van der Waals surface area contributed by atoms with Gasteiger partial charge in [-0.05, 0) is 32.0 Å². The van der Waals surface area contributed by atoms with Gasteiger partial charge in [0.1, 0.15) is 10.8 Å². The third-order valence-electron chi connectivity index (χ3n) is 2.65. The monoisotopic (exact) mass is 278 g/mol. The molecule has 0 atom stereocenters. The predicted octanol–water partition coefficient (Wildman–Crippen LogP) is 2.98. The second kappa shape index (κ2) is 5.36. The Labute approximate surface area is 116 Å². The van der Waals surface area contributed by atoms with Gasteiger partial charge in [-0.1, -0.05) is 12.2 Å². The zero-order chi connectivity index (χ0) is 14.0. The van der Waals surface area contributed by atoms with Crippen LogP contribution in [0.15, 0.2) is 30.6 Å². The maximum absolute atomic E-state index is 13.7. The van der Waals surface area contributed by atoms with Crippen LogP contribution in [-0.2, 0) is 0 Å². The van der Waals surface area contributed by atoms with Crippen molar-refractivity contribution >= 4 is 28.6 Å². The molecule has 3 N–H and O–H groups in total. The summed E-state index contributed by atoms with van der Waals surface area (Å²) in [6.45, 7) is 4.07. The Balaban J connectivity index is 2.19. The van der Waals surface area contributed by atoms with E-state index in [0.717, 1.165) is 5.69 Å². The third-order valence-corrected chi connectivity index (χ3v) is 2.87. The molecule has 0 saturated heterocycles. The lowest BCUT2D eigenvalue weighted by atomic mass is 10.2. The van der Waals surface area contributed by atoms with E-state index in [2.05, 4.69) is 10.4 Å². The van der Waals surface area contributed by atoms with Gasteiger partial charge in [0.05, 0.1) is 11.9 Å². The summed E-state index contributed by atoms with van der Waals surface area (Å²) in [6, 6.07) is 4.93. The number of aromatic nitrogens is 2. The first-order valence-electron chi connectivity index (χ1n) is 5.88. The molecule has 1 aromatic heterocycles. The van der Waals surface area contributed by atoms with Gasteiger partial charge in [-0.15, -0.1) is 0 Å². The van der Waals surface area contributed by atoms with Gasteiger partial charge in [0.2, 0.25) is 0 Å². The summed E-state index contributed by atoms with van der Waals surface area (Å²) in [4.78, 5) is 0.0525. The van der Waals surface area contributed by atoms with Crippen molar-refractivity contribution in [3.8, 4) is 0 Å². The lowest BCUT2D eigenvalue weighted by molar-refractivity contribution is 0.532. The van der Waals surface area contributed by atoms with Gasteiger partial charge in [0.15, 0.2) is 0 Å². The molecule has 0 spiro atoms. The minimum absolute atomic E-state index is 0.0525. The molecule has 4 nitrogen and oxygen atoms in total. The highest BCUT2D eigenvalue weighted by molar-refractivity contribution is 7.80. The Morgan fingerprint density at radius 1 is 1.42 bits per heavy atom. The average molecular weight is 278 g/mol. The Hall–Kier alpha value is -1.95. The fourth-order valence-corrected chi connectivity index (χ4v) is 1.81. The first-order valence-corrected chi connectivity index (χ1v) is 6.28. The molecular formula is C13H15FN4S. The topological polar surface area (TPSA) is 55.9 Å². The summed E-state index contributed by atoms with van der Waals surface area (Å²) in [5.41, 5.74) is 7.09. The number of thiocarbonyl (C=S) groups is 1. The van der Waals surface area contributed by atoms with Crippen LogP contribution >= 0.6 is 12.2 Å². The van der Waals surface area contributed by atoms with Crippen LogP contribution in [0.25, 0.3) is 0 Å². The van der Waals surface area contributed by atoms with Crippen molar-refractivity contribution in [3.63, 3.8) is 0 Å². The van der Waals surface area contributed by atoms with Crippen molar-refractivity contribution in [2.45, 2.75) is 19.9 Å². The number of halogens is 1. The number of anilines is 2. The molecule has 100 valence electrons. The molecule has 19 heavy (non-hydrogen) atoms. The van der Waals surface area contributed by atoms with E-state index in [1.165, 1.54) is 6.07 Å². The number of rotatable bonds is 4. The highest BCUT2D eigenvalue weighted by atomic mass is 32.1. The minimum Gasteiger partial charge on any atom is -0.389 e. The van der Waals surface area contributed by atoms with Crippen molar-refractivity contribution in [1.29, 1.82) is 0 Å². The fraction of sp³-hybridized carbons (Fsp3) is 0.231. The number of benzene rings is 1. The summed E-state index contributed by atoms with van der Waals surface area (Å²) < 4.78 is 15.5. The van der Waals surface area contributed by atoms with E-state index < -0.39 is 5.82 Å². The van der Waals surface area contributed by atoms with Gasteiger partial charge in [0.25, 0.3) is 0 Å². The molecule has 1 heterocycles. The largest absolute Gasteiger partial charge is 0.389 e. The Kier molecular flexibility index (Phi) is 3.80. The van der Waals surface area contributed by atoms with E-state index in [4.69, 9.17) is 18.0 Å². The highest BCUT2D eigenvalue weighted by Gasteiger charge is 2.07. The number of hydrogen-bond acceptors (Lipinski definition) is 3. The van der Waals surface area contributed by atoms with Crippen LogP contribution < -0.4 is 11.1 Å². The van der Waals surface area contributed by atoms with Gasteiger partial charge < -0.3 is 11.1 Å². The maximum atomic E-state index is 13.7. The van der Waals surface area contributed by atoms with E-state index in [0.29, 0.717) is 5.69 Å². The molecule has 2 rings (SSSR count). The van der Waals surface area contributed by atoms with E-state index >= 15 is 0 Å². The summed E-state index contributed by atoms with van der Waals surface area (Å²) in [7, 11) is 0. The number of nitrogens with one attached hydrogen (secondary N) is 1. The molecule has 0 unspecified atom stereocenters. The SMILES string of the molecule is CC(C)n1cc(Nc2ccc(C(N)=S)c(F)c2)cn1. The zero-order valence-corrected chi connectivity index (χ0v) is 11.5. The first-order chi connectivity index (χ1) is 8.97. The molecule has 6 heteroatoms. The Bertz CT molecular complexity index is 606. The predicted molar refractivity (Wildman–Crippen MR) is 78.2 cm³/mol. The molecule has 0 aliphatic rings. The highest BCUT2D eigenvalue weighted by Crippen LogP contribution is 2.20. The van der Waals surface area contributed by atoms with E-state index in [-0.39, 0.29) is 16.6 Å². The standard InChI is InChI=1S/C13H15FN4S/c1-8(2)18-7-10(6-16-18)17-9-3-4-11(13(15)19)12(14)5-9/h3-8,17H,1-2H3,(H2,15,19). The molecule has 0 aliphatic carbocycles. The smallest absolute Gasteiger partial charge is 0.135 e. The van der Waals surface area contributed by atoms with Crippen molar-refractivity contribution in [3.05, 3.63) is 42.0 Å². The molecule has 0 saturated carbocycles. The van der Waals surface area contributed by atoms with Crippen LogP contribution in [0.5, 0.6) is 0 Å². The molecular weight excluding hydrogens is 263 g/mol. The fourth-order valence-electron chi connectivity index (χ4n) is 1.64. The molecule has 0 aliphatic heterocycles. The van der Waals surface area contributed by atoms with Crippen molar-refractivity contribution in [2.75, 3.05) is 5.32 Å². The number of hydrogen-bond donors (Lipinski definition) is 2. The molecule has 2 aromatic rings. The molecule has 0 fully saturated rings. The molecule has 0 radical (unpaired) electrons. The summed E-state index contributed by atoms with van der Waals surface area (Å²) in [6.07, 6.45) is 3.56. The number of nitrogens with zero attached hydrogens (tertiary/aromatic N) is 2. The third kappa shape index (κ3) is 3.08. The normalized spacial score (nSPS) is 10.7. The van der Waals surface area contributed by atoms with Crippen molar-refractivity contribution in [2.24, 2.45) is 5.73 Å². The van der Waals surface area contributed by atoms with Crippen LogP contribution in [0.3, 0.4) is 0 Å². The second-order valence-electron chi connectivity index (χ2n) is 4.49. The van der Waals surface area contributed by atoms with Crippen LogP contribution in [0.1, 0.15) is 25.5 Å². The van der Waals surface area contributed by atoms with Crippen molar-refractivity contribution in [1.82, 2.24) is 9.78 Å². The maximum Gasteiger partial charge on any atom is 0.135 e. The Morgan fingerprint density at radius 3 is 2.68 bits per heavy atom. The minimum atomic E-state index is -0.436. The van der Waals surface area contributed by atoms with Gasteiger partial charge in [0, 0.05) is 23.5 Å². The van der Waals surface area contributed by atoms with E-state index in [9.17, 15) is 4.39 Å². The zero-order valence-electron chi connectivity index (χ0n) is 10.7. The Morgan fingerprint density at radius 2 is 2.16 bits per heavy atom. The van der Waals surface area contributed by atoms with Crippen LogP contribution in [0.4, 0.5) is 15.8 Å². The van der Waals surface area contributed by atoms with E-state index in [1.807, 2.05) is 24.7 Å². The molecule has 0 amide bonds. The average Bonchev–Trinajstić information content (AvgIpc) is 2.77. The molecule has 0 bridgehead atoms. The molecule has 1 aromatic carbocycles.